The van der Waals surface area contributed by atoms with Gasteiger partial charge in [-0.3, -0.25) is 9.59 Å². The van der Waals surface area contributed by atoms with E-state index in [1.807, 2.05) is 18.4 Å². The number of nitrogens with one attached hydrogen (secondary N) is 1. The van der Waals surface area contributed by atoms with Crippen molar-refractivity contribution in [1.29, 1.82) is 0 Å². The molecule has 6 heteroatoms. The van der Waals surface area contributed by atoms with Gasteiger partial charge in [-0.25, -0.2) is 0 Å². The molecule has 17 heavy (non-hydrogen) atoms. The van der Waals surface area contributed by atoms with Crippen molar-refractivity contribution in [2.24, 2.45) is 5.73 Å². The summed E-state index contributed by atoms with van der Waals surface area (Å²) in [6, 6.07) is 7.29. The molecule has 0 saturated heterocycles. The van der Waals surface area contributed by atoms with Crippen LogP contribution in [0.25, 0.3) is 0 Å². The predicted octanol–water partition coefficient (Wildman–Crippen LogP) is 0.0434. The Labute approximate surface area is 103 Å². The molecule has 1 aromatic rings. The van der Waals surface area contributed by atoms with E-state index in [1.54, 1.807) is 23.9 Å². The van der Waals surface area contributed by atoms with Crippen molar-refractivity contribution < 1.29 is 14.7 Å². The summed E-state index contributed by atoms with van der Waals surface area (Å²) in [5, 5.41) is 12.0. The van der Waals surface area contributed by atoms with Crippen LogP contribution in [0.4, 0.5) is 0 Å². The largest absolute Gasteiger partial charge is 0.387 e. The molecule has 0 spiro atoms. The van der Waals surface area contributed by atoms with E-state index < -0.39 is 17.9 Å². The molecular formula is C11H14N2O3S. The van der Waals surface area contributed by atoms with Crippen molar-refractivity contribution in [3.8, 4) is 0 Å². The molecule has 0 bridgehead atoms. The second-order valence-electron chi connectivity index (χ2n) is 3.36. The van der Waals surface area contributed by atoms with E-state index in [0.29, 0.717) is 5.56 Å². The number of hydrogen-bond acceptors (Lipinski definition) is 4. The summed E-state index contributed by atoms with van der Waals surface area (Å²) in [6.07, 6.45) is 1.10. The number of nitrogens with two attached hydrogens (primary N) is 1. The number of hydrogen-bond donors (Lipinski definition) is 3. The van der Waals surface area contributed by atoms with Gasteiger partial charge in [-0.15, -0.1) is 11.8 Å². The van der Waals surface area contributed by atoms with Gasteiger partial charge < -0.3 is 16.2 Å². The monoisotopic (exact) mass is 254 g/mol. The maximum atomic E-state index is 10.9. The highest BCUT2D eigenvalue weighted by molar-refractivity contribution is 7.98. The number of aliphatic hydroxyl groups excluding tert-OH is 1. The molecule has 1 atom stereocenters. The number of carbonyl (C=O) groups is 2. The normalized spacial score (nSPS) is 11.9. The molecule has 0 aliphatic heterocycles. The zero-order valence-electron chi connectivity index (χ0n) is 9.34. The lowest BCUT2D eigenvalue weighted by Crippen LogP contribution is -2.38. The van der Waals surface area contributed by atoms with Gasteiger partial charge in [0.1, 0.15) is 0 Å². The average molecular weight is 254 g/mol. The van der Waals surface area contributed by atoms with Gasteiger partial charge in [-0.05, 0) is 24.0 Å². The van der Waals surface area contributed by atoms with Crippen LogP contribution < -0.4 is 11.1 Å². The first-order chi connectivity index (χ1) is 8.04. The van der Waals surface area contributed by atoms with Crippen LogP contribution in [0.1, 0.15) is 11.7 Å². The summed E-state index contributed by atoms with van der Waals surface area (Å²) >= 11 is 1.60. The van der Waals surface area contributed by atoms with Crippen LogP contribution in [0.2, 0.25) is 0 Å². The molecule has 0 fully saturated rings. The summed E-state index contributed by atoms with van der Waals surface area (Å²) in [5.74, 6) is -1.96. The first kappa shape index (κ1) is 13.5. The maximum absolute atomic E-state index is 10.9. The number of amides is 2. The minimum atomic E-state index is -1.06. The molecule has 1 rings (SSSR count). The minimum absolute atomic E-state index is 0.0413. The Balaban J connectivity index is 2.54. The highest BCUT2D eigenvalue weighted by atomic mass is 32.2. The smallest absolute Gasteiger partial charge is 0.309 e. The van der Waals surface area contributed by atoms with Crippen LogP contribution in [0.3, 0.4) is 0 Å². The third-order valence-electron chi connectivity index (χ3n) is 2.18. The van der Waals surface area contributed by atoms with Crippen LogP contribution in [-0.4, -0.2) is 29.7 Å². The molecule has 0 heterocycles. The Morgan fingerprint density at radius 2 is 2.00 bits per heavy atom. The Kier molecular flexibility index (Phi) is 4.99. The van der Waals surface area contributed by atoms with Gasteiger partial charge in [0.2, 0.25) is 0 Å². The van der Waals surface area contributed by atoms with Crippen LogP contribution in [0, 0.1) is 0 Å². The topological polar surface area (TPSA) is 92.4 Å². The van der Waals surface area contributed by atoms with Crippen molar-refractivity contribution in [2.45, 2.75) is 11.0 Å². The highest BCUT2D eigenvalue weighted by Crippen LogP contribution is 2.18. The molecule has 0 aromatic heterocycles. The van der Waals surface area contributed by atoms with E-state index in [4.69, 9.17) is 5.73 Å². The lowest BCUT2D eigenvalue weighted by Gasteiger charge is -2.11. The Bertz CT molecular complexity index is 406. The minimum Gasteiger partial charge on any atom is -0.387 e. The molecule has 0 saturated carbocycles. The van der Waals surface area contributed by atoms with E-state index >= 15 is 0 Å². The molecule has 0 aliphatic rings. The second-order valence-corrected chi connectivity index (χ2v) is 4.24. The number of rotatable bonds is 4. The fourth-order valence-corrected chi connectivity index (χ4v) is 1.63. The summed E-state index contributed by atoms with van der Waals surface area (Å²) < 4.78 is 0. The van der Waals surface area contributed by atoms with Crippen molar-refractivity contribution in [3.05, 3.63) is 29.8 Å². The quantitative estimate of drug-likeness (QED) is 0.522. The first-order valence-electron chi connectivity index (χ1n) is 4.94. The molecule has 5 nitrogen and oxygen atoms in total. The summed E-state index contributed by atoms with van der Waals surface area (Å²) in [6.45, 7) is -0.0413. The third-order valence-corrected chi connectivity index (χ3v) is 2.92. The molecule has 4 N–H and O–H groups in total. The molecule has 0 aliphatic carbocycles. The van der Waals surface area contributed by atoms with E-state index in [2.05, 4.69) is 5.32 Å². The fourth-order valence-electron chi connectivity index (χ4n) is 1.22. The molecule has 1 unspecified atom stereocenters. The Hall–Kier alpha value is -1.53. The molecule has 0 radical (unpaired) electrons. The summed E-state index contributed by atoms with van der Waals surface area (Å²) in [4.78, 5) is 22.4. The van der Waals surface area contributed by atoms with E-state index in [9.17, 15) is 14.7 Å². The Morgan fingerprint density at radius 1 is 1.41 bits per heavy atom. The summed E-state index contributed by atoms with van der Waals surface area (Å²) in [7, 11) is 0. The second kappa shape index (κ2) is 6.27. The molecule has 1 aromatic carbocycles. The van der Waals surface area contributed by atoms with E-state index in [-0.39, 0.29) is 6.54 Å². The number of primary amides is 1. The van der Waals surface area contributed by atoms with Crippen molar-refractivity contribution in [3.63, 3.8) is 0 Å². The van der Waals surface area contributed by atoms with Gasteiger partial charge >= 0.3 is 11.8 Å². The van der Waals surface area contributed by atoms with E-state index in [1.165, 1.54) is 0 Å². The standard InChI is InChI=1S/C11H14N2O3S/c1-17-8-4-2-7(3-5-8)9(14)6-13-11(16)10(12)15/h2-5,9,14H,6H2,1H3,(H2,12,15)(H,13,16). The number of aliphatic hydroxyl groups is 1. The Morgan fingerprint density at radius 3 is 2.47 bits per heavy atom. The predicted molar refractivity (Wildman–Crippen MR) is 65.4 cm³/mol. The third kappa shape index (κ3) is 4.08. The molecule has 92 valence electrons. The molecule has 2 amide bonds. The van der Waals surface area contributed by atoms with Gasteiger partial charge in [0, 0.05) is 11.4 Å². The number of carbonyl (C=O) groups excluding carboxylic acids is 2. The lowest BCUT2D eigenvalue weighted by molar-refractivity contribution is -0.137. The maximum Gasteiger partial charge on any atom is 0.309 e. The van der Waals surface area contributed by atoms with Gasteiger partial charge in [0.05, 0.1) is 6.10 Å². The number of thioether (sulfide) groups is 1. The van der Waals surface area contributed by atoms with Crippen LogP contribution in [0.15, 0.2) is 29.2 Å². The zero-order valence-corrected chi connectivity index (χ0v) is 10.2. The number of benzene rings is 1. The fraction of sp³-hybridized carbons (Fsp3) is 0.273. The van der Waals surface area contributed by atoms with Crippen molar-refractivity contribution in [1.82, 2.24) is 5.32 Å². The average Bonchev–Trinajstić information content (AvgIpc) is 2.35. The van der Waals surface area contributed by atoms with Gasteiger partial charge in [-0.2, -0.15) is 0 Å². The van der Waals surface area contributed by atoms with Crippen LogP contribution in [0.5, 0.6) is 0 Å². The van der Waals surface area contributed by atoms with Gasteiger partial charge in [0.15, 0.2) is 0 Å². The first-order valence-corrected chi connectivity index (χ1v) is 6.16. The highest BCUT2D eigenvalue weighted by Gasteiger charge is 2.12. The van der Waals surface area contributed by atoms with Crippen molar-refractivity contribution >= 4 is 23.6 Å². The lowest BCUT2D eigenvalue weighted by atomic mass is 10.1. The zero-order chi connectivity index (χ0) is 12.8. The SMILES string of the molecule is CSc1ccc(C(O)CNC(=O)C(N)=O)cc1. The van der Waals surface area contributed by atoms with Crippen LogP contribution >= 0.6 is 11.8 Å². The van der Waals surface area contributed by atoms with Crippen LogP contribution in [-0.2, 0) is 9.59 Å². The van der Waals surface area contributed by atoms with Crippen molar-refractivity contribution in [2.75, 3.05) is 12.8 Å². The summed E-state index contributed by atoms with van der Waals surface area (Å²) in [5.41, 5.74) is 5.44. The van der Waals surface area contributed by atoms with Gasteiger partial charge in [-0.1, -0.05) is 12.1 Å². The van der Waals surface area contributed by atoms with Gasteiger partial charge in [0.25, 0.3) is 0 Å². The molecular weight excluding hydrogens is 240 g/mol. The van der Waals surface area contributed by atoms with E-state index in [0.717, 1.165) is 4.90 Å².